The van der Waals surface area contributed by atoms with Crippen LogP contribution in [0, 0.1) is 459 Å². The molecular formula is C69H128Ac8O22. The van der Waals surface area contributed by atoms with E-state index in [9.17, 15) is 46.0 Å². The summed E-state index contributed by atoms with van der Waals surface area (Å²) in [4.78, 5) is 0. The SMILES string of the molecule is CC1[C@@H](O[C@@H]2C(CO)O[C@@H](C)C(C)[C@H]2C)OC(CO)[C@@H](C)[C@@H]1C.CC1[C@@H](O[C@@H]2C(CO)O[C@H](C)C(C)[C@H]2C)OC(CO)[C@@H](O)[C@@H]1C.CC1[C@@H](O[C@@H]2C(CO)O[C@H](O[C@@H]3C(CO)O[C@H](O[C@@H]4C(CO)O[C@H](C)C(C)[C@H]4C)C(C)[C@H]3C)C(C)[C@H]2C)OC(CO)[C@@H](C)[C@@H]1C.[Ac].[Ac].[Ac].[Ac].[Ac].[Ac].[Ac].[Ac]. The fourth-order valence-electron chi connectivity index (χ4n) is 15.3. The normalized spacial score (nSPS) is 48.1. The molecule has 0 spiro atoms. The topological polar surface area (TPSA) is 302 Å². The van der Waals surface area contributed by atoms with Crippen LogP contribution in [-0.2, 0) is 61.6 Å². The van der Waals surface area contributed by atoms with Gasteiger partial charge in [0.05, 0.1) is 120 Å². The summed E-state index contributed by atoms with van der Waals surface area (Å²) in [6.07, 6.45) is -8.59. The number of aliphatic hydroxyl groups is 9. The van der Waals surface area contributed by atoms with Gasteiger partial charge in [0, 0.05) is 382 Å². The summed E-state index contributed by atoms with van der Waals surface area (Å²) in [5.41, 5.74) is 0. The minimum Gasteiger partial charge on any atom is -0.394 e. The Morgan fingerprint density at radius 3 is 0.586 bits per heavy atom. The van der Waals surface area contributed by atoms with Gasteiger partial charge in [-0.05, 0) is 97.7 Å². The predicted octanol–water partition coefficient (Wildman–Crippen LogP) is 5.62. The first-order chi connectivity index (χ1) is 42.9. The molecule has 40 atom stereocenters. The molecular weight excluding hydrogens is 3000 g/mol. The number of hydrogen-bond donors (Lipinski definition) is 9. The third-order valence-corrected chi connectivity index (χ3v) is 24.8. The Hall–Kier alpha value is 10.7. The van der Waals surface area contributed by atoms with Gasteiger partial charge in [0.1, 0.15) is 36.6 Å². The van der Waals surface area contributed by atoms with Crippen molar-refractivity contribution in [2.75, 3.05) is 52.9 Å². The van der Waals surface area contributed by atoms with Gasteiger partial charge >= 0.3 is 0 Å². The van der Waals surface area contributed by atoms with Gasteiger partial charge in [-0.15, -0.1) is 0 Å². The van der Waals surface area contributed by atoms with Crippen LogP contribution in [0.2, 0.25) is 0 Å². The third kappa shape index (κ3) is 28.9. The Morgan fingerprint density at radius 2 is 0.364 bits per heavy atom. The van der Waals surface area contributed by atoms with E-state index in [2.05, 4.69) is 104 Å². The molecule has 30 heteroatoms. The van der Waals surface area contributed by atoms with Gasteiger partial charge in [-0.1, -0.05) is 125 Å². The van der Waals surface area contributed by atoms with E-state index in [1.807, 2.05) is 41.5 Å². The van der Waals surface area contributed by atoms with Gasteiger partial charge in [0.15, 0.2) is 31.5 Å². The molecule has 0 aromatic carbocycles. The molecule has 99 heavy (non-hydrogen) atoms. The average Bonchev–Trinajstić information content (AvgIpc) is 0.806. The van der Waals surface area contributed by atoms with E-state index in [1.165, 1.54) is 0 Å². The summed E-state index contributed by atoms with van der Waals surface area (Å²) < 4.78 is 80.8. The Balaban J connectivity index is -0.00000146. The van der Waals surface area contributed by atoms with Gasteiger partial charge in [-0.25, -0.2) is 0 Å². The summed E-state index contributed by atoms with van der Waals surface area (Å²) in [6, 6.07) is 0. The summed E-state index contributed by atoms with van der Waals surface area (Å²) in [5, 5.41) is 89.2. The van der Waals surface area contributed by atoms with E-state index < -0.39 is 67.9 Å². The van der Waals surface area contributed by atoms with E-state index >= 15 is 0 Å². The molecule has 16 unspecified atom stereocenters. The van der Waals surface area contributed by atoms with Gasteiger partial charge in [0.2, 0.25) is 0 Å². The molecule has 8 fully saturated rings. The Labute approximate surface area is 882 Å². The van der Waals surface area contributed by atoms with Crippen molar-refractivity contribution in [3.8, 4) is 0 Å². The second-order valence-electron chi connectivity index (χ2n) is 29.8. The zero-order chi connectivity index (χ0) is 67.9. The predicted molar refractivity (Wildman–Crippen MR) is 338 cm³/mol. The Bertz CT molecular complexity index is 2040. The smallest absolute Gasteiger partial charge is 0.161 e. The van der Waals surface area contributed by atoms with Gasteiger partial charge in [-0.3, -0.25) is 0 Å². The number of rotatable bonds is 18. The van der Waals surface area contributed by atoms with Crippen molar-refractivity contribution < 1.29 is 460 Å². The third-order valence-electron chi connectivity index (χ3n) is 24.8. The van der Waals surface area contributed by atoms with E-state index in [-0.39, 0.29) is 556 Å². The summed E-state index contributed by atoms with van der Waals surface area (Å²) in [5.74, 6) is 2.66. The molecule has 9 N–H and O–H groups in total. The van der Waals surface area contributed by atoms with Crippen LogP contribution in [0.4, 0.5) is 0 Å². The minimum atomic E-state index is -0.706. The fraction of sp³-hybridized carbons (Fsp3) is 1.00. The second-order valence-corrected chi connectivity index (χ2v) is 29.8. The van der Waals surface area contributed by atoms with Crippen molar-refractivity contribution in [3.05, 3.63) is 0 Å². The molecule has 8 rings (SSSR count). The quantitative estimate of drug-likeness (QED) is 0.0804. The zero-order valence-corrected chi connectivity index (χ0v) is 102. The monoisotopic (exact) mass is 3130 g/mol. The molecule has 0 bridgehead atoms. The molecule has 8 aliphatic heterocycles. The molecule has 0 aliphatic carbocycles. The van der Waals surface area contributed by atoms with Gasteiger partial charge in [-0.2, -0.15) is 0 Å². The van der Waals surface area contributed by atoms with Crippen LogP contribution >= 0.6 is 0 Å². The van der Waals surface area contributed by atoms with Crippen LogP contribution < -0.4 is 0 Å². The molecule has 0 amide bonds. The molecule has 8 heterocycles. The van der Waals surface area contributed by atoms with Crippen LogP contribution in [-0.4, -0.2) is 234 Å². The molecule has 560 valence electrons. The fourth-order valence-corrected chi connectivity index (χ4v) is 15.3. The number of aliphatic hydroxyl groups excluding tert-OH is 9. The van der Waals surface area contributed by atoms with E-state index in [0.29, 0.717) is 23.7 Å². The average molecular weight is 3130 g/mol. The van der Waals surface area contributed by atoms with Crippen LogP contribution in [0.1, 0.15) is 145 Å². The van der Waals surface area contributed by atoms with E-state index in [0.717, 1.165) is 0 Å². The van der Waals surface area contributed by atoms with Crippen molar-refractivity contribution >= 4 is 0 Å². The molecule has 8 saturated heterocycles. The molecule has 22 nitrogen and oxygen atoms in total. The van der Waals surface area contributed by atoms with Crippen LogP contribution in [0.15, 0.2) is 0 Å². The van der Waals surface area contributed by atoms with Crippen molar-refractivity contribution in [2.45, 2.75) is 281 Å². The molecule has 8 aliphatic rings. The standard InChI is InChI=1S/C34H62O11.C18H34O5.C17H32O6.8Ac/c1-15-17(3)25(11-35)40-32(21(15)7)44-30-19(5)23(9)34(42-27(30)13-37)45-31-20(6)22(8)33(41-28(31)14-38)43-29-18(4)16(2)24(10)39-26(29)12-36;1-9-11(3)15(7-19)22-18(13(9)5)23-17-12(4)10(2)14(6)21-16(17)8-20;1-8-10(3)16(14(7-19)21-12(8)5)23-17-11(4)9(2)15(20)13(6-18)22-17;;;;;;;;/h15-38H,11-14H2,1-10H3;9-20H,7-8H2,1-6H3;8-20H,6-7H2,1-5H3;;;;;;;;/t15-,16?,17-,18+,19+,20+,21?,22?,23?,24+,25?,26?,27?,28?,29-,30-,31-,32+,33+,34+;9-,10?,11-,12+,13?,14-,15?,16?,17-,18+;8?,9-,10-,11?,12-,13?,14?,15+,16+,17-;;;;;;;;/m001......../s1. The summed E-state index contributed by atoms with van der Waals surface area (Å²) in [7, 11) is 0. The van der Waals surface area contributed by atoms with Gasteiger partial charge < -0.3 is 108 Å². The number of hydrogen-bond acceptors (Lipinski definition) is 22. The summed E-state index contributed by atoms with van der Waals surface area (Å²) in [6.45, 7) is 42.7. The minimum absolute atomic E-state index is 0. The maximum atomic E-state index is 10.4. The Kier molecular flexibility index (Phi) is 62.9. The second kappa shape index (κ2) is 54.8. The maximum Gasteiger partial charge on any atom is 0.161 e. The Morgan fingerprint density at radius 1 is 0.192 bits per heavy atom. The van der Waals surface area contributed by atoms with E-state index in [4.69, 9.17) is 61.6 Å². The zero-order valence-electron chi connectivity index (χ0n) is 63.7. The molecule has 8 radical (unpaired) electrons. The molecule has 0 aromatic heterocycles. The van der Waals surface area contributed by atoms with Crippen molar-refractivity contribution in [1.82, 2.24) is 0 Å². The van der Waals surface area contributed by atoms with Crippen LogP contribution in [0.25, 0.3) is 0 Å². The van der Waals surface area contributed by atoms with Crippen LogP contribution in [0.3, 0.4) is 0 Å². The number of ether oxygens (including phenoxy) is 13. The van der Waals surface area contributed by atoms with Crippen molar-refractivity contribution in [1.29, 1.82) is 0 Å². The first kappa shape index (κ1) is 114. The van der Waals surface area contributed by atoms with Crippen molar-refractivity contribution in [3.63, 3.8) is 0 Å². The largest absolute Gasteiger partial charge is 0.394 e. The first-order valence-corrected chi connectivity index (χ1v) is 35.0. The molecule has 0 saturated carbocycles. The van der Waals surface area contributed by atoms with Crippen molar-refractivity contribution in [2.24, 2.45) is 107 Å². The first-order valence-electron chi connectivity index (χ1n) is 35.0. The maximum absolute atomic E-state index is 10.4. The van der Waals surface area contributed by atoms with Crippen LogP contribution in [0.5, 0.6) is 0 Å². The van der Waals surface area contributed by atoms with E-state index in [1.54, 1.807) is 0 Å². The summed E-state index contributed by atoms with van der Waals surface area (Å²) >= 11 is 0. The van der Waals surface area contributed by atoms with Gasteiger partial charge in [0.25, 0.3) is 0 Å². The molecule has 0 aromatic rings.